The van der Waals surface area contributed by atoms with Crippen molar-refractivity contribution in [3.8, 4) is 0 Å². The minimum absolute atomic E-state index is 0.0744. The molecule has 1 amide bonds. The van der Waals surface area contributed by atoms with Crippen molar-refractivity contribution in [1.29, 1.82) is 0 Å². The number of halogens is 1. The van der Waals surface area contributed by atoms with Crippen molar-refractivity contribution >= 4 is 40.7 Å². The van der Waals surface area contributed by atoms with E-state index in [0.29, 0.717) is 34.0 Å². The van der Waals surface area contributed by atoms with Gasteiger partial charge in [-0.1, -0.05) is 61.2 Å². The lowest BCUT2D eigenvalue weighted by atomic mass is 9.95. The van der Waals surface area contributed by atoms with E-state index < -0.39 is 0 Å². The Morgan fingerprint density at radius 2 is 1.75 bits per heavy atom. The number of Topliss-reactive ketones (excluding diaryl/α,β-unsaturated/α-hetero) is 1. The number of hydrogen-bond donors (Lipinski definition) is 2. The van der Waals surface area contributed by atoms with Gasteiger partial charge in [-0.25, -0.2) is 0 Å². The molecule has 0 heterocycles. The molecule has 0 radical (unpaired) electrons. The maximum absolute atomic E-state index is 12.7. The molecule has 28 heavy (non-hydrogen) atoms. The second-order valence-corrected chi connectivity index (χ2v) is 6.79. The van der Waals surface area contributed by atoms with Gasteiger partial charge in [0.1, 0.15) is 0 Å². The van der Waals surface area contributed by atoms with E-state index >= 15 is 0 Å². The van der Waals surface area contributed by atoms with Crippen LogP contribution in [0.15, 0.2) is 73.0 Å². The zero-order valence-electron chi connectivity index (χ0n) is 15.4. The molecule has 0 unspecified atom stereocenters. The lowest BCUT2D eigenvalue weighted by molar-refractivity contribution is -0.115. The maximum atomic E-state index is 12.7. The molecule has 3 rings (SSSR count). The van der Waals surface area contributed by atoms with E-state index in [1.165, 1.54) is 0 Å². The fourth-order valence-electron chi connectivity index (χ4n) is 3.19. The molecule has 0 saturated heterocycles. The first-order valence-corrected chi connectivity index (χ1v) is 9.40. The third-order valence-corrected chi connectivity index (χ3v) is 5.03. The number of ketones is 1. The Hall–Kier alpha value is -3.11. The quantitative estimate of drug-likeness (QED) is 0.649. The number of amides is 1. The van der Waals surface area contributed by atoms with Gasteiger partial charge in [0.05, 0.1) is 16.4 Å². The van der Waals surface area contributed by atoms with E-state index in [9.17, 15) is 9.59 Å². The Morgan fingerprint density at radius 3 is 2.50 bits per heavy atom. The third-order valence-electron chi connectivity index (χ3n) is 4.62. The number of benzene rings is 2. The van der Waals surface area contributed by atoms with Crippen LogP contribution in [0.5, 0.6) is 0 Å². The van der Waals surface area contributed by atoms with Crippen LogP contribution in [0.25, 0.3) is 6.08 Å². The summed E-state index contributed by atoms with van der Waals surface area (Å²) in [5.74, 6) is -0.196. The van der Waals surface area contributed by atoms with Crippen molar-refractivity contribution in [1.82, 2.24) is 0 Å². The molecule has 0 bridgehead atoms. The number of hydrogen-bond acceptors (Lipinski definition) is 3. The Balaban J connectivity index is 1.87. The molecule has 0 aromatic heterocycles. The van der Waals surface area contributed by atoms with Crippen LogP contribution >= 0.6 is 11.6 Å². The normalized spacial score (nSPS) is 13.8. The third kappa shape index (κ3) is 4.07. The SMILES string of the molecule is C=CC1=C(Nc2cccc(NC(=O)c3ccccc3C=C)c2Cl)CCCC1=O. The lowest BCUT2D eigenvalue weighted by Gasteiger charge is -2.20. The Labute approximate surface area is 169 Å². The molecule has 0 fully saturated rings. The number of carbonyl (C=O) groups is 2. The molecule has 0 spiro atoms. The van der Waals surface area contributed by atoms with Gasteiger partial charge in [0.2, 0.25) is 0 Å². The molecule has 2 aromatic carbocycles. The lowest BCUT2D eigenvalue weighted by Crippen LogP contribution is -2.16. The summed E-state index contributed by atoms with van der Waals surface area (Å²) in [7, 11) is 0. The van der Waals surface area contributed by atoms with Gasteiger partial charge in [-0.05, 0) is 36.6 Å². The Bertz CT molecular complexity index is 992. The van der Waals surface area contributed by atoms with Gasteiger partial charge in [0.25, 0.3) is 5.91 Å². The standard InChI is InChI=1S/C23H21ClN2O2/c1-3-15-9-5-6-10-17(15)23(28)26-20-13-7-12-19(22(20)24)25-18-11-8-14-21(27)16(18)4-2/h3-7,9-10,12-13,25H,1-2,8,11,14H2,(H,26,28). The molecular formula is C23H21ClN2O2. The number of allylic oxidation sites excluding steroid dienone is 3. The molecule has 0 saturated carbocycles. The van der Waals surface area contributed by atoms with E-state index in [-0.39, 0.29) is 11.7 Å². The van der Waals surface area contributed by atoms with E-state index in [1.54, 1.807) is 36.4 Å². The van der Waals surface area contributed by atoms with E-state index in [4.69, 9.17) is 11.6 Å². The van der Waals surface area contributed by atoms with Crippen LogP contribution in [-0.2, 0) is 4.79 Å². The summed E-state index contributed by atoms with van der Waals surface area (Å²) in [6, 6.07) is 12.5. The first-order chi connectivity index (χ1) is 13.5. The molecule has 4 nitrogen and oxygen atoms in total. The zero-order valence-corrected chi connectivity index (χ0v) is 16.2. The summed E-state index contributed by atoms with van der Waals surface area (Å²) in [4.78, 5) is 24.8. The zero-order chi connectivity index (χ0) is 20.1. The first-order valence-electron chi connectivity index (χ1n) is 9.02. The van der Waals surface area contributed by atoms with Gasteiger partial charge in [0.15, 0.2) is 5.78 Å². The molecule has 1 aliphatic rings. The summed E-state index contributed by atoms with van der Waals surface area (Å²) in [6.07, 6.45) is 5.27. The molecular weight excluding hydrogens is 372 g/mol. The molecule has 2 aromatic rings. The summed E-state index contributed by atoms with van der Waals surface area (Å²) < 4.78 is 0. The van der Waals surface area contributed by atoms with Crippen LogP contribution in [0, 0.1) is 0 Å². The molecule has 5 heteroatoms. The monoisotopic (exact) mass is 392 g/mol. The predicted molar refractivity (Wildman–Crippen MR) is 116 cm³/mol. The van der Waals surface area contributed by atoms with Crippen molar-refractivity contribution in [2.75, 3.05) is 10.6 Å². The summed E-state index contributed by atoms with van der Waals surface area (Å²) in [5, 5.41) is 6.47. The van der Waals surface area contributed by atoms with E-state index in [1.807, 2.05) is 18.2 Å². The highest BCUT2D eigenvalue weighted by Crippen LogP contribution is 2.33. The number of anilines is 2. The highest BCUT2D eigenvalue weighted by Gasteiger charge is 2.19. The van der Waals surface area contributed by atoms with Crippen molar-refractivity contribution < 1.29 is 9.59 Å². The van der Waals surface area contributed by atoms with E-state index in [0.717, 1.165) is 24.1 Å². The van der Waals surface area contributed by atoms with Gasteiger partial charge in [-0.2, -0.15) is 0 Å². The highest BCUT2D eigenvalue weighted by atomic mass is 35.5. The molecule has 0 aliphatic heterocycles. The van der Waals surface area contributed by atoms with Gasteiger partial charge >= 0.3 is 0 Å². The average Bonchev–Trinajstić information content (AvgIpc) is 2.71. The molecule has 2 N–H and O–H groups in total. The van der Waals surface area contributed by atoms with Gasteiger partial charge in [0, 0.05) is 23.3 Å². The summed E-state index contributed by atoms with van der Waals surface area (Å²) >= 11 is 6.53. The predicted octanol–water partition coefficient (Wildman–Crippen LogP) is 5.84. The van der Waals surface area contributed by atoms with Crippen LogP contribution in [0.3, 0.4) is 0 Å². The minimum Gasteiger partial charge on any atom is -0.357 e. The Kier molecular flexibility index (Phi) is 6.12. The number of nitrogens with one attached hydrogen (secondary N) is 2. The highest BCUT2D eigenvalue weighted by molar-refractivity contribution is 6.36. The smallest absolute Gasteiger partial charge is 0.256 e. The van der Waals surface area contributed by atoms with Crippen molar-refractivity contribution in [3.63, 3.8) is 0 Å². The number of carbonyl (C=O) groups excluding carboxylic acids is 2. The minimum atomic E-state index is -0.270. The van der Waals surface area contributed by atoms with Crippen LogP contribution in [0.2, 0.25) is 5.02 Å². The molecule has 1 aliphatic carbocycles. The van der Waals surface area contributed by atoms with Crippen LogP contribution in [0.4, 0.5) is 11.4 Å². The maximum Gasteiger partial charge on any atom is 0.256 e. The topological polar surface area (TPSA) is 58.2 Å². The van der Waals surface area contributed by atoms with Gasteiger partial charge in [-0.3, -0.25) is 9.59 Å². The van der Waals surface area contributed by atoms with E-state index in [2.05, 4.69) is 23.8 Å². The fourth-order valence-corrected chi connectivity index (χ4v) is 3.41. The van der Waals surface area contributed by atoms with Gasteiger partial charge < -0.3 is 10.6 Å². The summed E-state index contributed by atoms with van der Waals surface area (Å²) in [6.45, 7) is 7.48. The fraction of sp³-hybridized carbons (Fsp3) is 0.130. The Morgan fingerprint density at radius 1 is 1.00 bits per heavy atom. The molecule has 0 atom stereocenters. The van der Waals surface area contributed by atoms with Crippen LogP contribution in [-0.4, -0.2) is 11.7 Å². The van der Waals surface area contributed by atoms with Crippen molar-refractivity contribution in [3.05, 3.63) is 89.1 Å². The van der Waals surface area contributed by atoms with Gasteiger partial charge in [-0.15, -0.1) is 0 Å². The van der Waals surface area contributed by atoms with Crippen LogP contribution < -0.4 is 10.6 Å². The van der Waals surface area contributed by atoms with Crippen LogP contribution in [0.1, 0.15) is 35.2 Å². The summed E-state index contributed by atoms with van der Waals surface area (Å²) in [5.41, 5.74) is 3.76. The molecule has 142 valence electrons. The first kappa shape index (κ1) is 19.6. The van der Waals surface area contributed by atoms with Crippen molar-refractivity contribution in [2.24, 2.45) is 0 Å². The largest absolute Gasteiger partial charge is 0.357 e. The average molecular weight is 393 g/mol. The number of rotatable bonds is 6. The van der Waals surface area contributed by atoms with Crippen molar-refractivity contribution in [2.45, 2.75) is 19.3 Å². The second-order valence-electron chi connectivity index (χ2n) is 6.41. The second kappa shape index (κ2) is 8.72.